The molecule has 0 aromatic heterocycles. The fourth-order valence-electron chi connectivity index (χ4n) is 2.06. The van der Waals surface area contributed by atoms with E-state index >= 15 is 0 Å². The largest absolute Gasteiger partial charge is 0.324 e. The number of carbonyl (C=O) groups excluding carboxylic acids is 1. The van der Waals surface area contributed by atoms with Crippen LogP contribution >= 0.6 is 15.9 Å². The molecular formula is C13H18BrN3O. The Hall–Kier alpha value is -0.910. The molecule has 98 valence electrons. The van der Waals surface area contributed by atoms with Gasteiger partial charge in [-0.05, 0) is 37.7 Å². The molecule has 4 nitrogen and oxygen atoms in total. The highest BCUT2D eigenvalue weighted by atomic mass is 79.9. The second-order valence-electron chi connectivity index (χ2n) is 4.72. The molecule has 1 aliphatic heterocycles. The Bertz CT molecular complexity index is 450. The van der Waals surface area contributed by atoms with Crippen LogP contribution in [0.15, 0.2) is 22.7 Å². The van der Waals surface area contributed by atoms with Crippen molar-refractivity contribution in [2.24, 2.45) is 0 Å². The first-order valence-electron chi connectivity index (χ1n) is 6.05. The second kappa shape index (κ2) is 5.82. The molecule has 18 heavy (non-hydrogen) atoms. The van der Waals surface area contributed by atoms with Crippen LogP contribution in [0.25, 0.3) is 0 Å². The van der Waals surface area contributed by atoms with Gasteiger partial charge in [-0.2, -0.15) is 0 Å². The highest BCUT2D eigenvalue weighted by molar-refractivity contribution is 9.10. The molecule has 1 atom stereocenters. The van der Waals surface area contributed by atoms with Gasteiger partial charge in [0.05, 0.1) is 6.04 Å². The van der Waals surface area contributed by atoms with Gasteiger partial charge in [-0.1, -0.05) is 15.9 Å². The summed E-state index contributed by atoms with van der Waals surface area (Å²) in [7, 11) is 2.03. The van der Waals surface area contributed by atoms with Crippen molar-refractivity contribution in [1.82, 2.24) is 10.2 Å². The molecule has 1 amide bonds. The average Bonchev–Trinajstić information content (AvgIpc) is 2.32. The molecule has 1 aromatic carbocycles. The third kappa shape index (κ3) is 3.31. The predicted molar refractivity (Wildman–Crippen MR) is 76.8 cm³/mol. The van der Waals surface area contributed by atoms with Gasteiger partial charge in [-0.15, -0.1) is 0 Å². The highest BCUT2D eigenvalue weighted by Gasteiger charge is 2.23. The number of piperazine rings is 1. The SMILES string of the molecule is Cc1cc(Br)ccc1NC(=O)C1CN(C)CCN1. The number of carbonyl (C=O) groups is 1. The molecule has 1 unspecified atom stereocenters. The number of likely N-dealkylation sites (N-methyl/N-ethyl adjacent to an activating group) is 1. The summed E-state index contributed by atoms with van der Waals surface area (Å²) < 4.78 is 1.02. The summed E-state index contributed by atoms with van der Waals surface area (Å²) in [5, 5.41) is 6.22. The third-order valence-corrected chi connectivity index (χ3v) is 3.63. The van der Waals surface area contributed by atoms with Crippen molar-refractivity contribution in [1.29, 1.82) is 0 Å². The van der Waals surface area contributed by atoms with E-state index in [0.717, 1.165) is 35.4 Å². The molecule has 0 aliphatic carbocycles. The zero-order valence-electron chi connectivity index (χ0n) is 10.7. The molecule has 5 heteroatoms. The molecule has 1 fully saturated rings. The van der Waals surface area contributed by atoms with Gasteiger partial charge in [0.25, 0.3) is 0 Å². The normalized spacial score (nSPS) is 20.7. The lowest BCUT2D eigenvalue weighted by Gasteiger charge is -2.30. The van der Waals surface area contributed by atoms with Crippen LogP contribution in [0, 0.1) is 6.92 Å². The van der Waals surface area contributed by atoms with Crippen LogP contribution in [0.2, 0.25) is 0 Å². The highest BCUT2D eigenvalue weighted by Crippen LogP contribution is 2.20. The Kier molecular flexibility index (Phi) is 4.37. The van der Waals surface area contributed by atoms with E-state index in [4.69, 9.17) is 0 Å². The van der Waals surface area contributed by atoms with Crippen molar-refractivity contribution in [2.45, 2.75) is 13.0 Å². The molecule has 1 aromatic rings. The topological polar surface area (TPSA) is 44.4 Å². The number of hydrogen-bond acceptors (Lipinski definition) is 3. The molecule has 2 rings (SSSR count). The average molecular weight is 312 g/mol. The maximum absolute atomic E-state index is 12.1. The molecular weight excluding hydrogens is 294 g/mol. The van der Waals surface area contributed by atoms with Crippen LogP contribution in [-0.2, 0) is 4.79 Å². The van der Waals surface area contributed by atoms with Crippen molar-refractivity contribution in [3.05, 3.63) is 28.2 Å². The number of nitrogens with one attached hydrogen (secondary N) is 2. The molecule has 0 saturated carbocycles. The second-order valence-corrected chi connectivity index (χ2v) is 5.63. The van der Waals surface area contributed by atoms with E-state index in [0.29, 0.717) is 0 Å². The van der Waals surface area contributed by atoms with E-state index in [1.165, 1.54) is 0 Å². The van der Waals surface area contributed by atoms with Crippen molar-refractivity contribution >= 4 is 27.5 Å². The fourth-order valence-corrected chi connectivity index (χ4v) is 2.54. The monoisotopic (exact) mass is 311 g/mol. The molecule has 0 bridgehead atoms. The van der Waals surface area contributed by atoms with Crippen LogP contribution in [-0.4, -0.2) is 43.5 Å². The van der Waals surface area contributed by atoms with E-state index in [1.807, 2.05) is 32.2 Å². The number of hydrogen-bond donors (Lipinski definition) is 2. The van der Waals surface area contributed by atoms with E-state index in [-0.39, 0.29) is 11.9 Å². The van der Waals surface area contributed by atoms with Gasteiger partial charge < -0.3 is 15.5 Å². The van der Waals surface area contributed by atoms with Gasteiger partial charge in [0.2, 0.25) is 5.91 Å². The van der Waals surface area contributed by atoms with Crippen molar-refractivity contribution in [3.63, 3.8) is 0 Å². The number of anilines is 1. The van der Waals surface area contributed by atoms with Crippen LogP contribution < -0.4 is 10.6 Å². The molecule has 1 aliphatic rings. The Morgan fingerprint density at radius 3 is 3.00 bits per heavy atom. The lowest BCUT2D eigenvalue weighted by molar-refractivity contribution is -0.119. The van der Waals surface area contributed by atoms with Crippen LogP contribution in [0.4, 0.5) is 5.69 Å². The summed E-state index contributed by atoms with van der Waals surface area (Å²) in [6.07, 6.45) is 0. The lowest BCUT2D eigenvalue weighted by atomic mass is 10.1. The number of nitrogens with zero attached hydrogens (tertiary/aromatic N) is 1. The Morgan fingerprint density at radius 1 is 1.56 bits per heavy atom. The third-order valence-electron chi connectivity index (χ3n) is 3.14. The molecule has 0 radical (unpaired) electrons. The summed E-state index contributed by atoms with van der Waals surface area (Å²) in [5.74, 6) is 0.0342. The minimum absolute atomic E-state index is 0.0342. The summed E-state index contributed by atoms with van der Waals surface area (Å²) in [6, 6.07) is 5.72. The summed E-state index contributed by atoms with van der Waals surface area (Å²) in [4.78, 5) is 14.3. The first-order valence-corrected chi connectivity index (χ1v) is 6.84. The first kappa shape index (κ1) is 13.5. The van der Waals surface area contributed by atoms with Crippen LogP contribution in [0.1, 0.15) is 5.56 Å². The maximum atomic E-state index is 12.1. The summed E-state index contributed by atoms with van der Waals surface area (Å²) in [6.45, 7) is 4.58. The number of amides is 1. The summed E-state index contributed by atoms with van der Waals surface area (Å²) >= 11 is 3.42. The van der Waals surface area contributed by atoms with Gasteiger partial charge in [0.1, 0.15) is 0 Å². The Labute approximate surface area is 116 Å². The van der Waals surface area contributed by atoms with Gasteiger partial charge in [0, 0.05) is 29.8 Å². The molecule has 1 heterocycles. The Morgan fingerprint density at radius 2 is 2.33 bits per heavy atom. The van der Waals surface area contributed by atoms with E-state index in [2.05, 4.69) is 31.5 Å². The molecule has 0 spiro atoms. The van der Waals surface area contributed by atoms with Crippen molar-refractivity contribution < 1.29 is 4.79 Å². The summed E-state index contributed by atoms with van der Waals surface area (Å²) in [5.41, 5.74) is 1.93. The minimum Gasteiger partial charge on any atom is -0.324 e. The zero-order chi connectivity index (χ0) is 13.1. The molecule has 1 saturated heterocycles. The van der Waals surface area contributed by atoms with Crippen molar-refractivity contribution in [3.8, 4) is 0 Å². The standard InChI is InChI=1S/C13H18BrN3O/c1-9-7-10(14)3-4-11(9)16-13(18)12-8-17(2)6-5-15-12/h3-4,7,12,15H,5-6,8H2,1-2H3,(H,16,18). The van der Waals surface area contributed by atoms with E-state index in [9.17, 15) is 4.79 Å². The van der Waals surface area contributed by atoms with E-state index in [1.54, 1.807) is 0 Å². The number of halogens is 1. The Balaban J connectivity index is 2.02. The van der Waals surface area contributed by atoms with E-state index < -0.39 is 0 Å². The van der Waals surface area contributed by atoms with Gasteiger partial charge in [-0.25, -0.2) is 0 Å². The van der Waals surface area contributed by atoms with Crippen LogP contribution in [0.3, 0.4) is 0 Å². The van der Waals surface area contributed by atoms with Crippen molar-refractivity contribution in [2.75, 3.05) is 32.0 Å². The lowest BCUT2D eigenvalue weighted by Crippen LogP contribution is -2.54. The molecule has 2 N–H and O–H groups in total. The van der Waals surface area contributed by atoms with Gasteiger partial charge >= 0.3 is 0 Å². The minimum atomic E-state index is -0.133. The number of benzene rings is 1. The predicted octanol–water partition coefficient (Wildman–Crippen LogP) is 1.60. The zero-order valence-corrected chi connectivity index (χ0v) is 12.3. The quantitative estimate of drug-likeness (QED) is 0.872. The fraction of sp³-hybridized carbons (Fsp3) is 0.462. The van der Waals surface area contributed by atoms with Gasteiger partial charge in [-0.3, -0.25) is 4.79 Å². The number of rotatable bonds is 2. The number of aryl methyl sites for hydroxylation is 1. The van der Waals surface area contributed by atoms with Crippen LogP contribution in [0.5, 0.6) is 0 Å². The first-order chi connectivity index (χ1) is 8.56. The smallest absolute Gasteiger partial charge is 0.242 e. The maximum Gasteiger partial charge on any atom is 0.242 e. The van der Waals surface area contributed by atoms with Gasteiger partial charge in [0.15, 0.2) is 0 Å².